The van der Waals surface area contributed by atoms with Crippen molar-refractivity contribution < 1.29 is 33.4 Å². The molecule has 0 radical (unpaired) electrons. The lowest BCUT2D eigenvalue weighted by Crippen LogP contribution is -2.61. The number of piperidine rings is 1. The molecule has 0 aliphatic carbocycles. The van der Waals surface area contributed by atoms with E-state index in [0.29, 0.717) is 13.0 Å². The van der Waals surface area contributed by atoms with Crippen LogP contribution in [0.5, 0.6) is 0 Å². The van der Waals surface area contributed by atoms with Crippen LogP contribution in [0, 0.1) is 5.92 Å². The average Bonchev–Trinajstić information content (AvgIpc) is 2.52. The van der Waals surface area contributed by atoms with Crippen LogP contribution in [0.4, 0.5) is 9.59 Å². The summed E-state index contributed by atoms with van der Waals surface area (Å²) in [7, 11) is 0. The van der Waals surface area contributed by atoms with Crippen molar-refractivity contribution >= 4 is 24.1 Å². The zero-order chi connectivity index (χ0) is 25.9. The molecule has 9 nitrogen and oxygen atoms in total. The smallest absolute Gasteiger partial charge is 0.420 e. The van der Waals surface area contributed by atoms with Gasteiger partial charge in [-0.1, -0.05) is 13.8 Å². The summed E-state index contributed by atoms with van der Waals surface area (Å²) in [6.07, 6.45) is -1.19. The molecule has 0 aromatic rings. The molecule has 0 bridgehead atoms. The van der Waals surface area contributed by atoms with Crippen molar-refractivity contribution in [2.24, 2.45) is 5.92 Å². The number of esters is 1. The van der Waals surface area contributed by atoms with Crippen LogP contribution in [0.25, 0.3) is 0 Å². The average molecular weight is 471 g/mol. The standard InChI is InChI=1S/C24H42N2O7/c1-15(2)17(19(28)31-22(3,4)5)25-14-12-13-16(18(25)27)26(20(29)32-23(6,7)8)21(30)33-24(9,10)11/h15-17H,12-14H2,1-11H3/t16-,17+/m1/s1. The van der Waals surface area contributed by atoms with E-state index in [1.807, 2.05) is 13.8 Å². The number of amides is 3. The van der Waals surface area contributed by atoms with Crippen molar-refractivity contribution in [1.82, 2.24) is 9.80 Å². The molecule has 0 spiro atoms. The van der Waals surface area contributed by atoms with Crippen molar-refractivity contribution in [2.45, 2.75) is 118 Å². The Kier molecular flexibility index (Phi) is 8.96. The molecule has 190 valence electrons. The summed E-state index contributed by atoms with van der Waals surface area (Å²) >= 11 is 0. The van der Waals surface area contributed by atoms with Gasteiger partial charge < -0.3 is 19.1 Å². The fraction of sp³-hybridized carbons (Fsp3) is 0.833. The van der Waals surface area contributed by atoms with E-state index in [2.05, 4.69) is 0 Å². The fourth-order valence-electron chi connectivity index (χ4n) is 3.47. The molecule has 0 aromatic heterocycles. The Labute approximate surface area is 198 Å². The van der Waals surface area contributed by atoms with Gasteiger partial charge in [-0.2, -0.15) is 4.90 Å². The molecular formula is C24H42N2O7. The summed E-state index contributed by atoms with van der Waals surface area (Å²) < 4.78 is 16.4. The Morgan fingerprint density at radius 2 is 1.27 bits per heavy atom. The number of hydrogen-bond acceptors (Lipinski definition) is 7. The van der Waals surface area contributed by atoms with E-state index in [-0.39, 0.29) is 12.3 Å². The normalized spacial score (nSPS) is 18.6. The van der Waals surface area contributed by atoms with Crippen LogP contribution in [0.15, 0.2) is 0 Å². The van der Waals surface area contributed by atoms with Gasteiger partial charge in [-0.05, 0) is 81.1 Å². The van der Waals surface area contributed by atoms with Crippen molar-refractivity contribution in [1.29, 1.82) is 0 Å². The molecule has 3 amide bonds. The van der Waals surface area contributed by atoms with Gasteiger partial charge in [-0.25, -0.2) is 14.4 Å². The molecule has 1 fully saturated rings. The molecule has 1 rings (SSSR count). The van der Waals surface area contributed by atoms with E-state index in [0.717, 1.165) is 4.90 Å². The number of ether oxygens (including phenoxy) is 3. The van der Waals surface area contributed by atoms with Crippen LogP contribution >= 0.6 is 0 Å². The molecule has 9 heteroatoms. The maximum Gasteiger partial charge on any atom is 0.420 e. The molecule has 33 heavy (non-hydrogen) atoms. The number of carbonyl (C=O) groups is 4. The topological polar surface area (TPSA) is 102 Å². The molecular weight excluding hydrogens is 428 g/mol. The summed E-state index contributed by atoms with van der Waals surface area (Å²) in [5.74, 6) is -1.27. The predicted octanol–water partition coefficient (Wildman–Crippen LogP) is 4.52. The van der Waals surface area contributed by atoms with Gasteiger partial charge >= 0.3 is 18.2 Å². The Bertz CT molecular complexity index is 713. The van der Waals surface area contributed by atoms with E-state index >= 15 is 0 Å². The van der Waals surface area contributed by atoms with Crippen LogP contribution in [-0.2, 0) is 23.8 Å². The third kappa shape index (κ3) is 8.85. The number of rotatable bonds is 4. The lowest BCUT2D eigenvalue weighted by atomic mass is 9.96. The summed E-state index contributed by atoms with van der Waals surface area (Å²) in [5.41, 5.74) is -2.49. The van der Waals surface area contributed by atoms with Crippen LogP contribution in [0.3, 0.4) is 0 Å². The first-order valence-corrected chi connectivity index (χ1v) is 11.5. The molecule has 0 N–H and O–H groups in total. The highest BCUT2D eigenvalue weighted by atomic mass is 16.6. The predicted molar refractivity (Wildman–Crippen MR) is 124 cm³/mol. The lowest BCUT2D eigenvalue weighted by molar-refractivity contribution is -0.169. The summed E-state index contributed by atoms with van der Waals surface area (Å²) in [6, 6.07) is -1.99. The van der Waals surface area contributed by atoms with Gasteiger partial charge in [0.2, 0.25) is 5.91 Å². The first kappa shape index (κ1) is 28.7. The molecule has 1 saturated heterocycles. The van der Waals surface area contributed by atoms with Crippen LogP contribution in [0.1, 0.15) is 89.0 Å². The Balaban J connectivity index is 3.33. The van der Waals surface area contributed by atoms with Gasteiger partial charge in [-0.15, -0.1) is 0 Å². The van der Waals surface area contributed by atoms with Crippen LogP contribution < -0.4 is 0 Å². The maximum atomic E-state index is 13.6. The number of hydrogen-bond donors (Lipinski definition) is 0. The maximum absolute atomic E-state index is 13.6. The quantitative estimate of drug-likeness (QED) is 0.440. The molecule has 0 saturated carbocycles. The van der Waals surface area contributed by atoms with Crippen molar-refractivity contribution in [3.63, 3.8) is 0 Å². The molecule has 1 aliphatic heterocycles. The molecule has 0 aromatic carbocycles. The second-order valence-corrected chi connectivity index (χ2v) is 11.7. The first-order chi connectivity index (χ1) is 14.7. The van der Waals surface area contributed by atoms with Crippen molar-refractivity contribution in [3.8, 4) is 0 Å². The monoisotopic (exact) mass is 470 g/mol. The highest BCUT2D eigenvalue weighted by molar-refractivity contribution is 5.97. The third-order valence-corrected chi connectivity index (χ3v) is 4.55. The zero-order valence-electron chi connectivity index (χ0n) is 22.1. The highest BCUT2D eigenvalue weighted by Crippen LogP contribution is 2.27. The van der Waals surface area contributed by atoms with E-state index in [4.69, 9.17) is 14.2 Å². The molecule has 1 heterocycles. The first-order valence-electron chi connectivity index (χ1n) is 11.5. The number of nitrogens with zero attached hydrogens (tertiary/aromatic N) is 2. The van der Waals surface area contributed by atoms with E-state index in [1.165, 1.54) is 4.90 Å². The molecule has 2 atom stereocenters. The Morgan fingerprint density at radius 1 is 0.848 bits per heavy atom. The van der Waals surface area contributed by atoms with Crippen LogP contribution in [-0.4, -0.2) is 69.3 Å². The van der Waals surface area contributed by atoms with Crippen molar-refractivity contribution in [2.75, 3.05) is 6.54 Å². The van der Waals surface area contributed by atoms with E-state index in [9.17, 15) is 19.2 Å². The Hall–Kier alpha value is -2.32. The highest BCUT2D eigenvalue weighted by Gasteiger charge is 2.46. The summed E-state index contributed by atoms with van der Waals surface area (Å²) in [6.45, 7) is 19.3. The van der Waals surface area contributed by atoms with Crippen LogP contribution in [0.2, 0.25) is 0 Å². The zero-order valence-corrected chi connectivity index (χ0v) is 22.1. The minimum absolute atomic E-state index is 0.237. The second kappa shape index (κ2) is 10.3. The minimum Gasteiger partial charge on any atom is -0.458 e. The fourth-order valence-corrected chi connectivity index (χ4v) is 3.47. The van der Waals surface area contributed by atoms with Gasteiger partial charge in [0.1, 0.15) is 28.9 Å². The second-order valence-electron chi connectivity index (χ2n) is 11.7. The largest absolute Gasteiger partial charge is 0.458 e. The minimum atomic E-state index is -1.15. The number of imide groups is 1. The van der Waals surface area contributed by atoms with Gasteiger partial charge in [-0.3, -0.25) is 4.79 Å². The SMILES string of the molecule is CC(C)[C@@H](C(=O)OC(C)(C)C)N1CCC[C@@H](N(C(=O)OC(C)(C)C)C(=O)OC(C)(C)C)C1=O. The molecule has 0 unspecified atom stereocenters. The van der Waals surface area contributed by atoms with Gasteiger partial charge in [0.15, 0.2) is 0 Å². The van der Waals surface area contributed by atoms with E-state index in [1.54, 1.807) is 62.3 Å². The van der Waals surface area contributed by atoms with Crippen molar-refractivity contribution in [3.05, 3.63) is 0 Å². The third-order valence-electron chi connectivity index (χ3n) is 4.55. The summed E-state index contributed by atoms with van der Waals surface area (Å²) in [5, 5.41) is 0. The number of likely N-dealkylation sites (tertiary alicyclic amines) is 1. The number of carbonyl (C=O) groups excluding carboxylic acids is 4. The van der Waals surface area contributed by atoms with Gasteiger partial charge in [0.25, 0.3) is 0 Å². The van der Waals surface area contributed by atoms with Gasteiger partial charge in [0.05, 0.1) is 0 Å². The summed E-state index contributed by atoms with van der Waals surface area (Å²) in [4.78, 5) is 54.7. The van der Waals surface area contributed by atoms with Gasteiger partial charge in [0, 0.05) is 6.54 Å². The molecule has 1 aliphatic rings. The van der Waals surface area contributed by atoms with E-state index < -0.39 is 52.9 Å². The lowest BCUT2D eigenvalue weighted by Gasteiger charge is -2.42. The Morgan fingerprint density at radius 3 is 1.64 bits per heavy atom.